The quantitative estimate of drug-likeness (QED) is 0.401. The van der Waals surface area contributed by atoms with Gasteiger partial charge in [0.15, 0.2) is 0 Å². The fourth-order valence-electron chi connectivity index (χ4n) is 2.15. The third kappa shape index (κ3) is 4.05. The van der Waals surface area contributed by atoms with E-state index in [1.807, 2.05) is 32.0 Å². The van der Waals surface area contributed by atoms with E-state index < -0.39 is 10.8 Å². The largest absolute Gasteiger partial charge is 0.321 e. The second-order valence-electron chi connectivity index (χ2n) is 5.29. The molecule has 0 unspecified atom stereocenters. The number of nitriles is 1. The van der Waals surface area contributed by atoms with Gasteiger partial charge in [0.25, 0.3) is 11.6 Å². The van der Waals surface area contributed by atoms with E-state index in [4.69, 9.17) is 0 Å². The number of aryl methyl sites for hydroxylation is 2. The number of anilines is 1. The van der Waals surface area contributed by atoms with Crippen molar-refractivity contribution in [2.24, 2.45) is 0 Å². The van der Waals surface area contributed by atoms with Crippen molar-refractivity contribution in [2.45, 2.75) is 13.8 Å². The Kier molecular flexibility index (Phi) is 5.07. The molecule has 120 valence electrons. The first-order chi connectivity index (χ1) is 11.4. The van der Waals surface area contributed by atoms with E-state index in [-0.39, 0.29) is 11.3 Å². The van der Waals surface area contributed by atoms with Crippen LogP contribution in [0, 0.1) is 35.3 Å². The number of rotatable bonds is 4. The van der Waals surface area contributed by atoms with Gasteiger partial charge in [-0.1, -0.05) is 17.7 Å². The van der Waals surface area contributed by atoms with Gasteiger partial charge in [0, 0.05) is 17.8 Å². The van der Waals surface area contributed by atoms with E-state index in [2.05, 4.69) is 5.32 Å². The predicted octanol–water partition coefficient (Wildman–Crippen LogP) is 3.76. The number of nitro groups is 1. The van der Waals surface area contributed by atoms with Gasteiger partial charge in [-0.25, -0.2) is 0 Å². The minimum Gasteiger partial charge on any atom is -0.321 e. The van der Waals surface area contributed by atoms with Crippen molar-refractivity contribution >= 4 is 23.4 Å². The van der Waals surface area contributed by atoms with Gasteiger partial charge in [0.05, 0.1) is 4.92 Å². The van der Waals surface area contributed by atoms with Crippen LogP contribution >= 0.6 is 0 Å². The van der Waals surface area contributed by atoms with Crippen LogP contribution in [0.5, 0.6) is 0 Å². The lowest BCUT2D eigenvalue weighted by atomic mass is 10.1. The Morgan fingerprint density at radius 2 is 1.88 bits per heavy atom. The summed E-state index contributed by atoms with van der Waals surface area (Å²) in [5.74, 6) is -0.525. The maximum Gasteiger partial charge on any atom is 0.269 e. The third-order valence-corrected chi connectivity index (χ3v) is 3.41. The van der Waals surface area contributed by atoms with E-state index in [9.17, 15) is 20.2 Å². The van der Waals surface area contributed by atoms with Gasteiger partial charge in [-0.3, -0.25) is 14.9 Å². The molecule has 0 fully saturated rings. The molecule has 0 atom stereocenters. The molecule has 0 aliphatic rings. The average Bonchev–Trinajstić information content (AvgIpc) is 2.55. The van der Waals surface area contributed by atoms with Gasteiger partial charge < -0.3 is 5.32 Å². The Morgan fingerprint density at radius 1 is 1.21 bits per heavy atom. The van der Waals surface area contributed by atoms with Gasteiger partial charge in [-0.05, 0) is 49.2 Å². The summed E-state index contributed by atoms with van der Waals surface area (Å²) in [7, 11) is 0. The topological polar surface area (TPSA) is 96.0 Å². The number of nitrogens with zero attached hydrogens (tertiary/aromatic N) is 2. The predicted molar refractivity (Wildman–Crippen MR) is 91.2 cm³/mol. The number of hydrogen-bond acceptors (Lipinski definition) is 4. The minimum absolute atomic E-state index is 0.0506. The fraction of sp³-hybridized carbons (Fsp3) is 0.111. The number of nitro benzene ring substituents is 1. The molecule has 0 spiro atoms. The van der Waals surface area contributed by atoms with E-state index in [1.54, 1.807) is 6.07 Å². The SMILES string of the molecule is Cc1ccc(NC(=O)C(C#N)=Cc2ccc([N+](=O)[O-])cc2)c(C)c1. The lowest BCUT2D eigenvalue weighted by Gasteiger charge is -2.08. The van der Waals surface area contributed by atoms with E-state index in [1.165, 1.54) is 30.3 Å². The molecule has 1 N–H and O–H groups in total. The molecule has 2 aromatic rings. The molecule has 0 saturated heterocycles. The maximum atomic E-state index is 12.3. The second kappa shape index (κ2) is 7.20. The number of nitrogens with one attached hydrogen (secondary N) is 1. The highest BCUT2D eigenvalue weighted by atomic mass is 16.6. The third-order valence-electron chi connectivity index (χ3n) is 3.41. The number of hydrogen-bond donors (Lipinski definition) is 1. The van der Waals surface area contributed by atoms with Gasteiger partial charge in [0.2, 0.25) is 0 Å². The molecule has 1 amide bonds. The summed E-state index contributed by atoms with van der Waals surface area (Å²) in [6.07, 6.45) is 1.39. The summed E-state index contributed by atoms with van der Waals surface area (Å²) in [4.78, 5) is 22.4. The standard InChI is InChI=1S/C18H15N3O3/c1-12-3-8-17(13(2)9-12)20-18(22)15(11-19)10-14-4-6-16(7-5-14)21(23)24/h3-10H,1-2H3,(H,20,22). The summed E-state index contributed by atoms with van der Waals surface area (Å²) in [6.45, 7) is 3.82. The van der Waals surface area contributed by atoms with Crippen LogP contribution in [-0.2, 0) is 4.79 Å². The van der Waals surface area contributed by atoms with Crippen LogP contribution in [0.2, 0.25) is 0 Å². The molecule has 6 heteroatoms. The molecule has 24 heavy (non-hydrogen) atoms. The molecule has 0 heterocycles. The molecule has 0 saturated carbocycles. The summed E-state index contributed by atoms with van der Waals surface area (Å²) in [5, 5.41) is 22.5. The summed E-state index contributed by atoms with van der Waals surface area (Å²) in [6, 6.07) is 13.1. The zero-order chi connectivity index (χ0) is 17.7. The van der Waals surface area contributed by atoms with E-state index in [0.29, 0.717) is 11.3 Å². The van der Waals surface area contributed by atoms with Gasteiger partial charge in [-0.2, -0.15) is 5.26 Å². The monoisotopic (exact) mass is 321 g/mol. The van der Waals surface area contributed by atoms with Crippen LogP contribution in [0.15, 0.2) is 48.0 Å². The number of carbonyl (C=O) groups excluding carboxylic acids is 1. The average molecular weight is 321 g/mol. The fourth-order valence-corrected chi connectivity index (χ4v) is 2.15. The lowest BCUT2D eigenvalue weighted by Crippen LogP contribution is -2.14. The summed E-state index contributed by atoms with van der Waals surface area (Å²) in [5.41, 5.74) is 3.01. The Morgan fingerprint density at radius 3 is 2.42 bits per heavy atom. The van der Waals surface area contributed by atoms with Crippen molar-refractivity contribution in [3.05, 3.63) is 74.8 Å². The van der Waals surface area contributed by atoms with Crippen LogP contribution in [0.25, 0.3) is 6.08 Å². The highest BCUT2D eigenvalue weighted by Gasteiger charge is 2.11. The van der Waals surface area contributed by atoms with E-state index in [0.717, 1.165) is 11.1 Å². The minimum atomic E-state index is -0.525. The van der Waals surface area contributed by atoms with Crippen LogP contribution < -0.4 is 5.32 Å². The van der Waals surface area contributed by atoms with Crippen molar-refractivity contribution < 1.29 is 9.72 Å². The lowest BCUT2D eigenvalue weighted by molar-refractivity contribution is -0.384. The molecule has 2 aromatic carbocycles. The van der Waals surface area contributed by atoms with Crippen molar-refractivity contribution in [1.29, 1.82) is 5.26 Å². The second-order valence-corrected chi connectivity index (χ2v) is 5.29. The molecule has 0 aromatic heterocycles. The highest BCUT2D eigenvalue weighted by Crippen LogP contribution is 2.18. The van der Waals surface area contributed by atoms with Crippen LogP contribution in [0.4, 0.5) is 11.4 Å². The zero-order valence-corrected chi connectivity index (χ0v) is 13.2. The highest BCUT2D eigenvalue weighted by molar-refractivity contribution is 6.09. The molecule has 0 bridgehead atoms. The normalized spacial score (nSPS) is 10.8. The number of non-ortho nitro benzene ring substituents is 1. The van der Waals surface area contributed by atoms with Gasteiger partial charge in [-0.15, -0.1) is 0 Å². The van der Waals surface area contributed by atoms with Crippen LogP contribution in [-0.4, -0.2) is 10.8 Å². The van der Waals surface area contributed by atoms with Crippen molar-refractivity contribution in [1.82, 2.24) is 0 Å². The number of amides is 1. The molecule has 0 aliphatic heterocycles. The Balaban J connectivity index is 2.22. The Bertz CT molecular complexity index is 862. The summed E-state index contributed by atoms with van der Waals surface area (Å²) >= 11 is 0. The zero-order valence-electron chi connectivity index (χ0n) is 13.2. The first-order valence-corrected chi connectivity index (χ1v) is 7.15. The molecular formula is C18H15N3O3. The van der Waals surface area contributed by atoms with Crippen molar-refractivity contribution in [2.75, 3.05) is 5.32 Å². The first-order valence-electron chi connectivity index (χ1n) is 7.15. The Labute approximate surface area is 139 Å². The van der Waals surface area contributed by atoms with E-state index >= 15 is 0 Å². The van der Waals surface area contributed by atoms with Crippen molar-refractivity contribution in [3.63, 3.8) is 0 Å². The number of carbonyl (C=O) groups is 1. The molecule has 6 nitrogen and oxygen atoms in total. The first kappa shape index (κ1) is 16.9. The molecule has 0 aliphatic carbocycles. The molecule has 2 rings (SSSR count). The maximum absolute atomic E-state index is 12.3. The molecular weight excluding hydrogens is 306 g/mol. The van der Waals surface area contributed by atoms with Crippen LogP contribution in [0.3, 0.4) is 0 Å². The molecule has 0 radical (unpaired) electrons. The van der Waals surface area contributed by atoms with Crippen LogP contribution in [0.1, 0.15) is 16.7 Å². The number of benzene rings is 2. The van der Waals surface area contributed by atoms with Gasteiger partial charge >= 0.3 is 0 Å². The van der Waals surface area contributed by atoms with Crippen molar-refractivity contribution in [3.8, 4) is 6.07 Å². The summed E-state index contributed by atoms with van der Waals surface area (Å²) < 4.78 is 0. The van der Waals surface area contributed by atoms with Gasteiger partial charge in [0.1, 0.15) is 11.6 Å². The smallest absolute Gasteiger partial charge is 0.269 e. The Hall–Kier alpha value is -3.46.